The number of rotatable bonds is 3. The van der Waals surface area contributed by atoms with Gasteiger partial charge >= 0.3 is 6.03 Å². The van der Waals surface area contributed by atoms with E-state index in [1.807, 2.05) is 17.0 Å². The number of fused-ring (bicyclic) bond motifs is 1. The lowest BCUT2D eigenvalue weighted by molar-refractivity contribution is 0.0211. The Balaban J connectivity index is 1.40. The van der Waals surface area contributed by atoms with Gasteiger partial charge in [-0.1, -0.05) is 17.4 Å². The predicted molar refractivity (Wildman–Crippen MR) is 115 cm³/mol. The van der Waals surface area contributed by atoms with Crippen LogP contribution in [0.5, 0.6) is 5.88 Å². The average Bonchev–Trinajstić information content (AvgIpc) is 3.38. The zero-order chi connectivity index (χ0) is 20.6. The zero-order valence-electron chi connectivity index (χ0n) is 16.8. The van der Waals surface area contributed by atoms with Crippen LogP contribution in [0.4, 0.5) is 9.93 Å². The summed E-state index contributed by atoms with van der Waals surface area (Å²) < 4.78 is 11.8. The van der Waals surface area contributed by atoms with E-state index in [0.29, 0.717) is 16.5 Å². The molecule has 0 bridgehead atoms. The Labute approximate surface area is 178 Å². The highest BCUT2D eigenvalue weighted by Crippen LogP contribution is 2.41. The van der Waals surface area contributed by atoms with Gasteiger partial charge in [0, 0.05) is 56.0 Å². The van der Waals surface area contributed by atoms with Crippen LogP contribution in [0.1, 0.15) is 19.3 Å². The van der Waals surface area contributed by atoms with Crippen LogP contribution >= 0.6 is 11.3 Å². The molecule has 2 amide bonds. The van der Waals surface area contributed by atoms with E-state index in [2.05, 4.69) is 20.3 Å². The maximum Gasteiger partial charge on any atom is 0.323 e. The number of pyridine rings is 2. The summed E-state index contributed by atoms with van der Waals surface area (Å²) in [4.78, 5) is 28.0. The van der Waals surface area contributed by atoms with Crippen LogP contribution in [0, 0.1) is 5.41 Å². The van der Waals surface area contributed by atoms with E-state index in [0.717, 1.165) is 61.4 Å². The van der Waals surface area contributed by atoms with Crippen LogP contribution in [0.15, 0.2) is 30.7 Å². The summed E-state index contributed by atoms with van der Waals surface area (Å²) in [7, 11) is 1.57. The van der Waals surface area contributed by atoms with E-state index in [9.17, 15) is 4.79 Å². The lowest BCUT2D eigenvalue weighted by Crippen LogP contribution is -2.37. The minimum atomic E-state index is -0.104. The van der Waals surface area contributed by atoms with Crippen molar-refractivity contribution in [3.8, 4) is 17.0 Å². The molecule has 1 spiro atoms. The van der Waals surface area contributed by atoms with Gasteiger partial charge in [0.05, 0.1) is 11.8 Å². The Kier molecular flexibility index (Phi) is 5.00. The number of aromatic nitrogens is 3. The second-order valence-electron chi connectivity index (χ2n) is 7.83. The summed E-state index contributed by atoms with van der Waals surface area (Å²) in [6, 6.07) is 3.76. The Morgan fingerprint density at radius 3 is 2.93 bits per heavy atom. The first kappa shape index (κ1) is 19.2. The van der Waals surface area contributed by atoms with Crippen molar-refractivity contribution in [2.24, 2.45) is 5.41 Å². The number of nitrogens with zero attached hydrogens (tertiary/aromatic N) is 4. The monoisotopic (exact) mass is 425 g/mol. The van der Waals surface area contributed by atoms with Crippen molar-refractivity contribution >= 4 is 32.7 Å². The molecule has 8 nitrogen and oxygen atoms in total. The summed E-state index contributed by atoms with van der Waals surface area (Å²) >= 11 is 1.42. The molecule has 2 aliphatic heterocycles. The van der Waals surface area contributed by atoms with Gasteiger partial charge in [0.1, 0.15) is 5.52 Å². The highest BCUT2D eigenvalue weighted by atomic mass is 32.1. The van der Waals surface area contributed by atoms with Crippen LogP contribution in [-0.4, -0.2) is 59.3 Å². The van der Waals surface area contributed by atoms with Gasteiger partial charge < -0.3 is 14.4 Å². The predicted octanol–water partition coefficient (Wildman–Crippen LogP) is 3.80. The van der Waals surface area contributed by atoms with Gasteiger partial charge in [-0.25, -0.2) is 14.8 Å². The third-order valence-corrected chi connectivity index (χ3v) is 7.05. The molecule has 0 aliphatic carbocycles. The number of likely N-dealkylation sites (tertiary alicyclic amines) is 1. The van der Waals surface area contributed by atoms with Gasteiger partial charge in [-0.05, 0) is 30.7 Å². The number of nitrogens with one attached hydrogen (secondary N) is 1. The maximum atomic E-state index is 12.9. The lowest BCUT2D eigenvalue weighted by atomic mass is 9.80. The molecule has 0 radical (unpaired) electrons. The molecule has 1 N–H and O–H groups in total. The van der Waals surface area contributed by atoms with Crippen LogP contribution in [0.25, 0.3) is 21.3 Å². The van der Waals surface area contributed by atoms with E-state index < -0.39 is 0 Å². The van der Waals surface area contributed by atoms with E-state index in [4.69, 9.17) is 9.47 Å². The Bertz CT molecular complexity index is 1070. The van der Waals surface area contributed by atoms with Gasteiger partial charge in [0.25, 0.3) is 0 Å². The van der Waals surface area contributed by atoms with E-state index in [1.165, 1.54) is 11.3 Å². The number of hydrogen-bond acceptors (Lipinski definition) is 7. The van der Waals surface area contributed by atoms with Gasteiger partial charge in [0.15, 0.2) is 5.13 Å². The van der Waals surface area contributed by atoms with Crippen LogP contribution in [0.3, 0.4) is 0 Å². The van der Waals surface area contributed by atoms with Gasteiger partial charge in [0.2, 0.25) is 5.88 Å². The summed E-state index contributed by atoms with van der Waals surface area (Å²) in [5, 5.41) is 3.53. The third-order valence-electron chi connectivity index (χ3n) is 6.04. The zero-order valence-corrected chi connectivity index (χ0v) is 17.6. The second kappa shape index (κ2) is 7.81. The molecule has 0 unspecified atom stereocenters. The van der Waals surface area contributed by atoms with E-state index >= 15 is 0 Å². The molecule has 156 valence electrons. The first-order chi connectivity index (χ1) is 14.7. The summed E-state index contributed by atoms with van der Waals surface area (Å²) in [6.07, 6.45) is 8.37. The minimum Gasteiger partial charge on any atom is -0.479 e. The molecule has 30 heavy (non-hydrogen) atoms. The number of urea groups is 1. The smallest absolute Gasteiger partial charge is 0.323 e. The average molecular weight is 426 g/mol. The van der Waals surface area contributed by atoms with Crippen molar-refractivity contribution in [3.05, 3.63) is 30.7 Å². The van der Waals surface area contributed by atoms with Gasteiger partial charge in [-0.2, -0.15) is 0 Å². The van der Waals surface area contributed by atoms with Crippen molar-refractivity contribution in [1.29, 1.82) is 0 Å². The minimum absolute atomic E-state index is 0.104. The van der Waals surface area contributed by atoms with Crippen LogP contribution < -0.4 is 10.1 Å². The fourth-order valence-corrected chi connectivity index (χ4v) is 5.29. The summed E-state index contributed by atoms with van der Waals surface area (Å²) in [5.41, 5.74) is 2.71. The highest BCUT2D eigenvalue weighted by Gasteiger charge is 2.41. The van der Waals surface area contributed by atoms with E-state index in [-0.39, 0.29) is 11.4 Å². The molecule has 2 fully saturated rings. The molecule has 3 aromatic heterocycles. The normalized spacial score (nSPS) is 18.1. The number of methoxy groups -OCH3 is 1. The third kappa shape index (κ3) is 3.48. The maximum absolute atomic E-state index is 12.9. The largest absolute Gasteiger partial charge is 0.479 e. The van der Waals surface area contributed by atoms with Crippen LogP contribution in [0.2, 0.25) is 0 Å². The molecule has 5 heterocycles. The van der Waals surface area contributed by atoms with E-state index in [1.54, 1.807) is 25.7 Å². The first-order valence-electron chi connectivity index (χ1n) is 10.1. The quantitative estimate of drug-likeness (QED) is 0.687. The van der Waals surface area contributed by atoms with Crippen molar-refractivity contribution in [2.75, 3.05) is 38.7 Å². The Hall–Kier alpha value is -2.78. The number of anilines is 1. The fourth-order valence-electron chi connectivity index (χ4n) is 4.31. The number of carbonyl (C=O) groups is 1. The standard InChI is InChI=1S/C21H23N5O3S/c1-28-18-16-17(15(12-23-18)14-3-2-7-22-11-14)30-19(24-16)25-20(27)26-8-4-21(13-26)5-9-29-10-6-21/h2-3,7,11-12H,4-6,8-10,13H2,1H3,(H,24,25,27). The van der Waals surface area contributed by atoms with Crippen LogP contribution in [-0.2, 0) is 4.74 Å². The number of ether oxygens (including phenoxy) is 2. The molecular formula is C21H23N5O3S. The molecule has 0 saturated carbocycles. The van der Waals surface area contributed by atoms with Crippen molar-refractivity contribution < 1.29 is 14.3 Å². The number of thiazole rings is 1. The summed E-state index contributed by atoms with van der Waals surface area (Å²) in [6.45, 7) is 3.12. The molecule has 2 aliphatic rings. The van der Waals surface area contributed by atoms with Crippen molar-refractivity contribution in [2.45, 2.75) is 19.3 Å². The molecule has 0 atom stereocenters. The first-order valence-corrected chi connectivity index (χ1v) is 10.9. The highest BCUT2D eigenvalue weighted by molar-refractivity contribution is 7.23. The number of carbonyl (C=O) groups excluding carboxylic acids is 1. The Morgan fingerprint density at radius 2 is 2.17 bits per heavy atom. The molecule has 0 aromatic carbocycles. The summed E-state index contributed by atoms with van der Waals surface area (Å²) in [5.74, 6) is 0.441. The number of hydrogen-bond donors (Lipinski definition) is 1. The van der Waals surface area contributed by atoms with Gasteiger partial charge in [-0.3, -0.25) is 10.3 Å². The fraction of sp³-hybridized carbons (Fsp3) is 0.429. The SMILES string of the molecule is COc1ncc(-c2cccnc2)c2sc(NC(=O)N3CCC4(CCOCC4)C3)nc12. The molecule has 9 heteroatoms. The van der Waals surface area contributed by atoms with Gasteiger partial charge in [-0.15, -0.1) is 0 Å². The topological polar surface area (TPSA) is 89.5 Å². The molecule has 2 saturated heterocycles. The molecule has 5 rings (SSSR count). The van der Waals surface area contributed by atoms with Crippen molar-refractivity contribution in [3.63, 3.8) is 0 Å². The Morgan fingerprint density at radius 1 is 1.30 bits per heavy atom. The molecular weight excluding hydrogens is 402 g/mol. The lowest BCUT2D eigenvalue weighted by Gasteiger charge is -2.33. The number of amides is 2. The van der Waals surface area contributed by atoms with Crippen molar-refractivity contribution in [1.82, 2.24) is 19.9 Å². The molecule has 3 aromatic rings. The second-order valence-corrected chi connectivity index (χ2v) is 8.83.